The lowest BCUT2D eigenvalue weighted by Crippen LogP contribution is -2.00. The minimum absolute atomic E-state index is 0.600. The van der Waals surface area contributed by atoms with Gasteiger partial charge in [0.05, 0.1) is 17.6 Å². The average Bonchev–Trinajstić information content (AvgIpc) is 3.66. The normalized spacial score (nSPS) is 11.5. The number of benzene rings is 6. The Kier molecular flexibility index (Phi) is 5.98. The molecular weight excluding hydrogens is 583 g/mol. The fourth-order valence-corrected chi connectivity index (χ4v) is 7.38. The summed E-state index contributed by atoms with van der Waals surface area (Å²) in [7, 11) is 0. The third-order valence-corrected chi connectivity index (χ3v) is 9.61. The zero-order valence-corrected chi connectivity index (χ0v) is 25.2. The lowest BCUT2D eigenvalue weighted by Gasteiger charge is -2.10. The summed E-state index contributed by atoms with van der Waals surface area (Å²) in [6, 6.07) is 47.6. The maximum Gasteiger partial charge on any atom is 0.188 e. The zero-order valence-electron chi connectivity index (χ0n) is 24.4. The molecule has 0 aliphatic rings. The summed E-state index contributed by atoms with van der Waals surface area (Å²) < 4.78 is 4.85. The van der Waals surface area contributed by atoms with Crippen molar-refractivity contribution in [1.29, 1.82) is 0 Å². The van der Waals surface area contributed by atoms with Crippen molar-refractivity contribution < 1.29 is 0 Å². The van der Waals surface area contributed by atoms with E-state index < -0.39 is 0 Å². The third kappa shape index (κ3) is 4.26. The first-order chi connectivity index (χ1) is 22.7. The predicted molar refractivity (Wildman–Crippen MR) is 190 cm³/mol. The molecule has 3 aromatic heterocycles. The van der Waals surface area contributed by atoms with Crippen molar-refractivity contribution in [2.45, 2.75) is 0 Å². The summed E-state index contributed by atoms with van der Waals surface area (Å²) in [5, 5.41) is 4.56. The molecule has 0 aliphatic carbocycles. The summed E-state index contributed by atoms with van der Waals surface area (Å²) in [6.07, 6.45) is 0. The zero-order chi connectivity index (χ0) is 30.6. The topological polar surface area (TPSA) is 48.0 Å². The van der Waals surface area contributed by atoms with Gasteiger partial charge < -0.3 is 4.57 Å². The Morgan fingerprint density at radius 1 is 0.478 bits per heavy atom. The van der Waals surface area contributed by atoms with E-state index in [4.69, 9.17) is 21.5 Å². The molecule has 0 fully saturated rings. The lowest BCUT2D eigenvalue weighted by atomic mass is 10.1. The standard InChI is InChI=1S/C40H23N5S/c1-41-28-17-20-35-32(23-28)31-22-27(40-43-38(25-10-4-2-5-11-25)42-39(44-40)26-12-6-3-7-13-26)16-19-34(31)45(35)29-18-21-37-33(24-29)30-14-8-9-15-36(30)46-37/h2-24H. The van der Waals surface area contributed by atoms with E-state index in [1.165, 1.54) is 20.2 Å². The first kappa shape index (κ1) is 26.3. The van der Waals surface area contributed by atoms with Crippen molar-refractivity contribution >= 4 is 59.0 Å². The van der Waals surface area contributed by atoms with Crippen LogP contribution in [-0.2, 0) is 0 Å². The van der Waals surface area contributed by atoms with Crippen LogP contribution in [0.1, 0.15) is 0 Å². The molecule has 6 aromatic carbocycles. The fraction of sp³-hybridized carbons (Fsp3) is 0. The molecule has 214 valence electrons. The van der Waals surface area contributed by atoms with E-state index >= 15 is 0 Å². The lowest BCUT2D eigenvalue weighted by molar-refractivity contribution is 1.07. The molecule has 0 bridgehead atoms. The first-order valence-corrected chi connectivity index (χ1v) is 15.8. The first-order valence-electron chi connectivity index (χ1n) is 15.0. The summed E-state index contributed by atoms with van der Waals surface area (Å²) in [6.45, 7) is 7.73. The molecule has 0 saturated carbocycles. The largest absolute Gasteiger partial charge is 0.309 e. The van der Waals surface area contributed by atoms with E-state index in [2.05, 4.69) is 76.1 Å². The minimum atomic E-state index is 0.600. The summed E-state index contributed by atoms with van der Waals surface area (Å²) in [5.74, 6) is 1.85. The predicted octanol–water partition coefficient (Wildman–Crippen LogP) is 10.9. The Balaban J connectivity index is 1.28. The van der Waals surface area contributed by atoms with Crippen molar-refractivity contribution in [3.05, 3.63) is 151 Å². The number of fused-ring (bicyclic) bond motifs is 6. The van der Waals surface area contributed by atoms with Gasteiger partial charge in [0.2, 0.25) is 0 Å². The second-order valence-electron chi connectivity index (χ2n) is 11.2. The van der Waals surface area contributed by atoms with Crippen molar-refractivity contribution in [3.63, 3.8) is 0 Å². The van der Waals surface area contributed by atoms with Crippen LogP contribution in [0.25, 0.3) is 86.7 Å². The van der Waals surface area contributed by atoms with E-state index in [-0.39, 0.29) is 0 Å². The molecule has 6 heteroatoms. The Hall–Kier alpha value is -6.16. The van der Waals surface area contributed by atoms with Crippen molar-refractivity contribution in [2.24, 2.45) is 0 Å². The highest BCUT2D eigenvalue weighted by Gasteiger charge is 2.18. The molecule has 0 N–H and O–H groups in total. The highest BCUT2D eigenvalue weighted by Crippen LogP contribution is 2.39. The number of hydrogen-bond acceptors (Lipinski definition) is 4. The summed E-state index contributed by atoms with van der Waals surface area (Å²) in [5.41, 5.74) is 6.53. The van der Waals surface area contributed by atoms with Crippen molar-refractivity contribution in [1.82, 2.24) is 19.5 Å². The molecule has 0 amide bonds. The van der Waals surface area contributed by atoms with Gasteiger partial charge in [0, 0.05) is 47.9 Å². The average molecular weight is 606 g/mol. The summed E-state index contributed by atoms with van der Waals surface area (Å²) in [4.78, 5) is 18.6. The van der Waals surface area contributed by atoms with E-state index in [0.717, 1.165) is 44.2 Å². The maximum atomic E-state index is 7.73. The van der Waals surface area contributed by atoms with Gasteiger partial charge in [-0.3, -0.25) is 0 Å². The molecule has 3 heterocycles. The van der Waals surface area contributed by atoms with Crippen LogP contribution < -0.4 is 0 Å². The van der Waals surface area contributed by atoms with Gasteiger partial charge in [-0.1, -0.05) is 84.9 Å². The molecule has 0 saturated heterocycles. The molecule has 0 aliphatic heterocycles. The fourth-order valence-electron chi connectivity index (χ4n) is 6.29. The molecule has 9 aromatic rings. The van der Waals surface area contributed by atoms with E-state index in [9.17, 15) is 0 Å². The minimum Gasteiger partial charge on any atom is -0.309 e. The number of rotatable bonds is 4. The molecule has 0 spiro atoms. The molecule has 46 heavy (non-hydrogen) atoms. The van der Waals surface area contributed by atoms with Gasteiger partial charge in [-0.05, 0) is 60.0 Å². The highest BCUT2D eigenvalue weighted by atomic mass is 32.1. The highest BCUT2D eigenvalue weighted by molar-refractivity contribution is 7.25. The van der Waals surface area contributed by atoms with Gasteiger partial charge in [-0.15, -0.1) is 11.3 Å². The maximum absolute atomic E-state index is 7.73. The summed E-state index contributed by atoms with van der Waals surface area (Å²) >= 11 is 1.82. The van der Waals surface area contributed by atoms with Gasteiger partial charge in [-0.25, -0.2) is 19.8 Å². The van der Waals surface area contributed by atoms with Gasteiger partial charge in [0.15, 0.2) is 23.2 Å². The monoisotopic (exact) mass is 605 g/mol. The van der Waals surface area contributed by atoms with E-state index in [1.807, 2.05) is 84.1 Å². The van der Waals surface area contributed by atoms with Crippen LogP contribution in [0.3, 0.4) is 0 Å². The van der Waals surface area contributed by atoms with Crippen LogP contribution in [0.4, 0.5) is 5.69 Å². The molecule has 0 atom stereocenters. The van der Waals surface area contributed by atoms with Crippen LogP contribution in [0.2, 0.25) is 0 Å². The van der Waals surface area contributed by atoms with Gasteiger partial charge in [0.25, 0.3) is 0 Å². The van der Waals surface area contributed by atoms with Crippen molar-refractivity contribution in [2.75, 3.05) is 0 Å². The SMILES string of the molecule is [C-]#[N+]c1ccc2c(c1)c1cc(-c3nc(-c4ccccc4)nc(-c4ccccc4)n3)ccc1n2-c1ccc2sc3ccccc3c2c1. The van der Waals surface area contributed by atoms with Crippen LogP contribution in [0, 0.1) is 6.57 Å². The van der Waals surface area contributed by atoms with Crippen LogP contribution in [0.15, 0.2) is 140 Å². The molecule has 0 unspecified atom stereocenters. The second-order valence-corrected chi connectivity index (χ2v) is 12.3. The smallest absolute Gasteiger partial charge is 0.188 e. The van der Waals surface area contributed by atoms with Crippen LogP contribution >= 0.6 is 11.3 Å². The quantitative estimate of drug-likeness (QED) is 0.188. The molecule has 0 radical (unpaired) electrons. The van der Waals surface area contributed by atoms with Gasteiger partial charge >= 0.3 is 0 Å². The second kappa shape index (κ2) is 10.5. The third-order valence-electron chi connectivity index (χ3n) is 8.45. The molecular formula is C40H23N5S. The van der Waals surface area contributed by atoms with Crippen LogP contribution in [-0.4, -0.2) is 19.5 Å². The van der Waals surface area contributed by atoms with Crippen molar-refractivity contribution in [3.8, 4) is 39.9 Å². The molecule has 5 nitrogen and oxygen atoms in total. The van der Waals surface area contributed by atoms with Gasteiger partial charge in [-0.2, -0.15) is 0 Å². The van der Waals surface area contributed by atoms with E-state index in [0.29, 0.717) is 23.2 Å². The van der Waals surface area contributed by atoms with Gasteiger partial charge in [0.1, 0.15) is 0 Å². The Morgan fingerprint density at radius 3 is 1.76 bits per heavy atom. The Labute approximate surface area is 268 Å². The number of thiophene rings is 1. The van der Waals surface area contributed by atoms with E-state index in [1.54, 1.807) is 0 Å². The number of nitrogens with zero attached hydrogens (tertiary/aromatic N) is 5. The Bertz CT molecular complexity index is 2590. The number of aromatic nitrogens is 4. The Morgan fingerprint density at radius 2 is 1.07 bits per heavy atom. The molecule has 9 rings (SSSR count). The number of hydrogen-bond donors (Lipinski definition) is 0. The van der Waals surface area contributed by atoms with Crippen LogP contribution in [0.5, 0.6) is 0 Å².